The van der Waals surface area contributed by atoms with E-state index in [2.05, 4.69) is 15.9 Å². The Morgan fingerprint density at radius 1 is 0.955 bits per heavy atom. The zero-order chi connectivity index (χ0) is 16.3. The van der Waals surface area contributed by atoms with E-state index in [4.69, 9.17) is 14.2 Å². The Bertz CT molecular complexity index is 693. The molecule has 0 saturated carbocycles. The summed E-state index contributed by atoms with van der Waals surface area (Å²) < 4.78 is 16.6. The lowest BCUT2D eigenvalue weighted by Gasteiger charge is -2.17. The maximum absolute atomic E-state index is 12.8. The molecule has 0 aliphatic heterocycles. The molecule has 0 amide bonds. The maximum Gasteiger partial charge on any atom is 0.204 e. The van der Waals surface area contributed by atoms with E-state index < -0.39 is 0 Å². The van der Waals surface area contributed by atoms with Gasteiger partial charge in [0.1, 0.15) is 0 Å². The van der Waals surface area contributed by atoms with Crippen LogP contribution in [0.5, 0.6) is 17.2 Å². The second-order valence-corrected chi connectivity index (χ2v) is 5.55. The molecule has 22 heavy (non-hydrogen) atoms. The Morgan fingerprint density at radius 2 is 1.55 bits per heavy atom. The van der Waals surface area contributed by atoms with Gasteiger partial charge in [-0.2, -0.15) is 0 Å². The third kappa shape index (κ3) is 2.95. The predicted octanol–water partition coefficient (Wildman–Crippen LogP) is 4.01. The van der Waals surface area contributed by atoms with E-state index in [1.807, 2.05) is 19.1 Å². The number of ether oxygens (including phenoxy) is 3. The molecule has 2 aromatic carbocycles. The number of hydrogen-bond donors (Lipinski definition) is 0. The standard InChI is InChI=1S/C17H17BrO4/c1-10-5-7-11(8-6-10)15(19)14-12(18)9-13(20-2)16(21-3)17(14)22-4/h5-9H,1-4H3. The fourth-order valence-corrected chi connectivity index (χ4v) is 2.76. The van der Waals surface area contributed by atoms with E-state index in [0.717, 1.165) is 5.56 Å². The molecule has 0 unspecified atom stereocenters. The monoisotopic (exact) mass is 364 g/mol. The van der Waals surface area contributed by atoms with E-state index >= 15 is 0 Å². The van der Waals surface area contributed by atoms with Crippen LogP contribution in [-0.4, -0.2) is 27.1 Å². The molecule has 0 heterocycles. The van der Waals surface area contributed by atoms with E-state index in [0.29, 0.717) is 32.8 Å². The van der Waals surface area contributed by atoms with Crippen molar-refractivity contribution in [2.24, 2.45) is 0 Å². The van der Waals surface area contributed by atoms with Crippen LogP contribution in [0.25, 0.3) is 0 Å². The zero-order valence-corrected chi connectivity index (χ0v) is 14.5. The molecule has 2 aromatic rings. The number of methoxy groups -OCH3 is 3. The largest absolute Gasteiger partial charge is 0.493 e. The van der Waals surface area contributed by atoms with Gasteiger partial charge in [0.05, 0.1) is 26.9 Å². The van der Waals surface area contributed by atoms with Gasteiger partial charge < -0.3 is 14.2 Å². The van der Waals surface area contributed by atoms with Crippen molar-refractivity contribution in [1.82, 2.24) is 0 Å². The maximum atomic E-state index is 12.8. The lowest BCUT2D eigenvalue weighted by atomic mass is 10.0. The average Bonchev–Trinajstić information content (AvgIpc) is 2.53. The first kappa shape index (κ1) is 16.4. The van der Waals surface area contributed by atoms with E-state index in [1.165, 1.54) is 21.3 Å². The van der Waals surface area contributed by atoms with E-state index in [-0.39, 0.29) is 5.78 Å². The highest BCUT2D eigenvalue weighted by Gasteiger charge is 2.25. The van der Waals surface area contributed by atoms with Crippen molar-refractivity contribution in [3.63, 3.8) is 0 Å². The van der Waals surface area contributed by atoms with Crippen LogP contribution in [-0.2, 0) is 0 Å². The summed E-state index contributed by atoms with van der Waals surface area (Å²) in [6.07, 6.45) is 0. The fourth-order valence-electron chi connectivity index (χ4n) is 2.19. The summed E-state index contributed by atoms with van der Waals surface area (Å²) >= 11 is 3.42. The van der Waals surface area contributed by atoms with Gasteiger partial charge >= 0.3 is 0 Å². The second kappa shape index (κ2) is 6.83. The van der Waals surface area contributed by atoms with Crippen molar-refractivity contribution in [3.8, 4) is 17.2 Å². The van der Waals surface area contributed by atoms with Crippen LogP contribution in [0.3, 0.4) is 0 Å². The van der Waals surface area contributed by atoms with Crippen LogP contribution in [0.4, 0.5) is 0 Å². The molecule has 4 nitrogen and oxygen atoms in total. The number of rotatable bonds is 5. The van der Waals surface area contributed by atoms with Crippen molar-refractivity contribution >= 4 is 21.7 Å². The SMILES string of the molecule is COc1cc(Br)c(C(=O)c2ccc(C)cc2)c(OC)c1OC. The van der Waals surface area contributed by atoms with Gasteiger partial charge in [0, 0.05) is 10.0 Å². The van der Waals surface area contributed by atoms with E-state index in [9.17, 15) is 4.79 Å². The third-order valence-corrected chi connectivity index (χ3v) is 3.95. The van der Waals surface area contributed by atoms with Crippen molar-refractivity contribution in [3.05, 3.63) is 51.5 Å². The lowest BCUT2D eigenvalue weighted by molar-refractivity contribution is 0.103. The molecule has 5 heteroatoms. The van der Waals surface area contributed by atoms with Crippen LogP contribution in [0, 0.1) is 6.92 Å². The third-order valence-electron chi connectivity index (χ3n) is 3.32. The number of carbonyl (C=O) groups is 1. The van der Waals surface area contributed by atoms with Crippen molar-refractivity contribution < 1.29 is 19.0 Å². The first-order chi connectivity index (χ1) is 10.5. The number of aryl methyl sites for hydroxylation is 1. The molecule has 0 radical (unpaired) electrons. The number of benzene rings is 2. The minimum absolute atomic E-state index is 0.148. The lowest BCUT2D eigenvalue weighted by Crippen LogP contribution is -2.07. The van der Waals surface area contributed by atoms with E-state index in [1.54, 1.807) is 18.2 Å². The highest BCUT2D eigenvalue weighted by molar-refractivity contribution is 9.10. The summed E-state index contributed by atoms with van der Waals surface area (Å²) in [6.45, 7) is 1.97. The Balaban J connectivity index is 2.63. The zero-order valence-electron chi connectivity index (χ0n) is 12.9. The predicted molar refractivity (Wildman–Crippen MR) is 88.4 cm³/mol. The summed E-state index contributed by atoms with van der Waals surface area (Å²) in [5.41, 5.74) is 2.08. The molecule has 0 aromatic heterocycles. The normalized spacial score (nSPS) is 10.2. The molecule has 116 valence electrons. The summed E-state index contributed by atoms with van der Waals surface area (Å²) in [4.78, 5) is 12.8. The number of hydrogen-bond acceptors (Lipinski definition) is 4. The number of ketones is 1. The Hall–Kier alpha value is -2.01. The van der Waals surface area contributed by atoms with Gasteiger partial charge in [-0.05, 0) is 28.9 Å². The van der Waals surface area contributed by atoms with Gasteiger partial charge in [-0.1, -0.05) is 29.8 Å². The van der Waals surface area contributed by atoms with Crippen LogP contribution in [0.15, 0.2) is 34.8 Å². The number of carbonyl (C=O) groups excluding carboxylic acids is 1. The Kier molecular flexibility index (Phi) is 5.08. The van der Waals surface area contributed by atoms with Crippen LogP contribution in [0.2, 0.25) is 0 Å². The average molecular weight is 365 g/mol. The van der Waals surface area contributed by atoms with Gasteiger partial charge in [-0.3, -0.25) is 4.79 Å². The summed E-state index contributed by atoms with van der Waals surface area (Å²) in [6, 6.07) is 9.08. The van der Waals surface area contributed by atoms with Crippen molar-refractivity contribution in [1.29, 1.82) is 0 Å². The topological polar surface area (TPSA) is 44.8 Å². The van der Waals surface area contributed by atoms with Crippen molar-refractivity contribution in [2.75, 3.05) is 21.3 Å². The number of halogens is 1. The Morgan fingerprint density at radius 3 is 2.05 bits per heavy atom. The molecule has 0 N–H and O–H groups in total. The molecule has 0 saturated heterocycles. The molecule has 0 aliphatic rings. The van der Waals surface area contributed by atoms with Crippen LogP contribution >= 0.6 is 15.9 Å². The van der Waals surface area contributed by atoms with Crippen molar-refractivity contribution in [2.45, 2.75) is 6.92 Å². The first-order valence-corrected chi connectivity index (χ1v) is 7.42. The molecule has 0 fully saturated rings. The van der Waals surface area contributed by atoms with Gasteiger partial charge in [-0.25, -0.2) is 0 Å². The minimum atomic E-state index is -0.148. The quantitative estimate of drug-likeness (QED) is 0.751. The van der Waals surface area contributed by atoms with Gasteiger partial charge in [0.15, 0.2) is 17.3 Å². The van der Waals surface area contributed by atoms with Gasteiger partial charge in [0.25, 0.3) is 0 Å². The molecule has 2 rings (SSSR count). The molecule has 0 bridgehead atoms. The molecule has 0 atom stereocenters. The van der Waals surface area contributed by atoms with Gasteiger partial charge in [-0.15, -0.1) is 0 Å². The molecular formula is C17H17BrO4. The fraction of sp³-hybridized carbons (Fsp3) is 0.235. The van der Waals surface area contributed by atoms with Gasteiger partial charge in [0.2, 0.25) is 5.75 Å². The molecule has 0 aliphatic carbocycles. The Labute approximate surface area is 138 Å². The minimum Gasteiger partial charge on any atom is -0.493 e. The summed E-state index contributed by atoms with van der Waals surface area (Å²) in [5.74, 6) is 1.08. The summed E-state index contributed by atoms with van der Waals surface area (Å²) in [5, 5.41) is 0. The first-order valence-electron chi connectivity index (χ1n) is 6.63. The summed E-state index contributed by atoms with van der Waals surface area (Å²) in [7, 11) is 4.54. The molecule has 0 spiro atoms. The van der Waals surface area contributed by atoms with Crippen LogP contribution in [0.1, 0.15) is 21.5 Å². The van der Waals surface area contributed by atoms with Crippen LogP contribution < -0.4 is 14.2 Å². The second-order valence-electron chi connectivity index (χ2n) is 4.70. The highest BCUT2D eigenvalue weighted by atomic mass is 79.9. The highest BCUT2D eigenvalue weighted by Crippen LogP contribution is 2.44. The smallest absolute Gasteiger partial charge is 0.204 e. The molecular weight excluding hydrogens is 348 g/mol.